The predicted octanol–water partition coefficient (Wildman–Crippen LogP) is 7.31. The Morgan fingerprint density at radius 2 is 1.56 bits per heavy atom. The third-order valence-corrected chi connectivity index (χ3v) is 6.98. The molecule has 0 saturated carbocycles. The fourth-order valence-corrected chi connectivity index (χ4v) is 4.86. The van der Waals surface area contributed by atoms with Gasteiger partial charge in [0, 0.05) is 11.7 Å². The molecule has 3 aromatic carbocycles. The number of rotatable bonds is 10. The summed E-state index contributed by atoms with van der Waals surface area (Å²) in [4.78, 5) is 42.2. The van der Waals surface area contributed by atoms with E-state index in [0.29, 0.717) is 18.0 Å². The minimum Gasteiger partial charge on any atom is -0.444 e. The van der Waals surface area contributed by atoms with Crippen molar-refractivity contribution in [2.24, 2.45) is 5.92 Å². The third-order valence-electron chi connectivity index (χ3n) is 6.98. The summed E-state index contributed by atoms with van der Waals surface area (Å²) in [7, 11) is 0. The molecule has 3 amide bonds. The molecule has 0 aliphatic carbocycles. The highest BCUT2D eigenvalue weighted by Crippen LogP contribution is 2.31. The van der Waals surface area contributed by atoms with E-state index < -0.39 is 17.7 Å². The van der Waals surface area contributed by atoms with E-state index in [4.69, 9.17) is 4.74 Å². The first kappa shape index (κ1) is 31.7. The van der Waals surface area contributed by atoms with Gasteiger partial charge in [-0.15, -0.1) is 0 Å². The van der Waals surface area contributed by atoms with Crippen LogP contribution in [0.2, 0.25) is 0 Å². The van der Waals surface area contributed by atoms with Gasteiger partial charge in [0.15, 0.2) is 0 Å². The lowest BCUT2D eigenvalue weighted by Gasteiger charge is -2.37. The Kier molecular flexibility index (Phi) is 10.5. The number of aryl methyl sites for hydroxylation is 2. The molecule has 3 aromatic rings. The predicted molar refractivity (Wildman–Crippen MR) is 166 cm³/mol. The molecule has 2 N–H and O–H groups in total. The van der Waals surface area contributed by atoms with Crippen molar-refractivity contribution in [2.45, 2.75) is 85.9 Å². The first-order chi connectivity index (χ1) is 19.2. The average Bonchev–Trinajstić information content (AvgIpc) is 2.89. The van der Waals surface area contributed by atoms with Gasteiger partial charge in [-0.1, -0.05) is 67.9 Å². The SMILES string of the molecule is Cc1ccc(C)c(C(C(=O)Nc2ccc3ccccc3c2)N(C(=O)CNC(=O)OC(C)(C)C)C(C)CCC(C)C)c1. The molecule has 0 saturated heterocycles. The molecule has 0 aromatic heterocycles. The van der Waals surface area contributed by atoms with Gasteiger partial charge in [-0.2, -0.15) is 0 Å². The van der Waals surface area contributed by atoms with Crippen LogP contribution >= 0.6 is 0 Å². The van der Waals surface area contributed by atoms with E-state index in [1.807, 2.05) is 81.4 Å². The molecular weight excluding hydrogens is 514 g/mol. The second-order valence-corrected chi connectivity index (χ2v) is 12.3. The quantitative estimate of drug-likeness (QED) is 0.273. The molecule has 0 radical (unpaired) electrons. The Labute approximate surface area is 244 Å². The molecule has 3 rings (SSSR count). The molecule has 220 valence electrons. The largest absolute Gasteiger partial charge is 0.444 e. The molecule has 7 nitrogen and oxygen atoms in total. The highest BCUT2D eigenvalue weighted by atomic mass is 16.6. The maximum absolute atomic E-state index is 14.2. The highest BCUT2D eigenvalue weighted by molar-refractivity contribution is 6.00. The third kappa shape index (κ3) is 9.07. The molecule has 0 aliphatic rings. The number of hydrogen-bond acceptors (Lipinski definition) is 4. The summed E-state index contributed by atoms with van der Waals surface area (Å²) in [5.41, 5.74) is 2.60. The normalized spacial score (nSPS) is 13.0. The molecule has 0 heterocycles. The summed E-state index contributed by atoms with van der Waals surface area (Å²) in [5.74, 6) is -0.234. The molecular formula is C34H45N3O4. The van der Waals surface area contributed by atoms with E-state index in [2.05, 4.69) is 24.5 Å². The highest BCUT2D eigenvalue weighted by Gasteiger charge is 2.36. The number of benzene rings is 3. The van der Waals surface area contributed by atoms with Crippen LogP contribution in [0.15, 0.2) is 60.7 Å². The Balaban J connectivity index is 2.02. The zero-order valence-electron chi connectivity index (χ0n) is 25.7. The molecule has 0 aliphatic heterocycles. The van der Waals surface area contributed by atoms with Crippen molar-refractivity contribution in [3.05, 3.63) is 77.4 Å². The van der Waals surface area contributed by atoms with Crippen LogP contribution < -0.4 is 10.6 Å². The Morgan fingerprint density at radius 1 is 0.878 bits per heavy atom. The second kappa shape index (κ2) is 13.7. The fourth-order valence-electron chi connectivity index (χ4n) is 4.86. The monoisotopic (exact) mass is 559 g/mol. The van der Waals surface area contributed by atoms with Gasteiger partial charge >= 0.3 is 6.09 Å². The van der Waals surface area contributed by atoms with Crippen LogP contribution in [0.1, 0.15) is 77.1 Å². The van der Waals surface area contributed by atoms with Gasteiger partial charge in [0.1, 0.15) is 18.2 Å². The number of carbonyl (C=O) groups excluding carboxylic acids is 3. The van der Waals surface area contributed by atoms with Crippen LogP contribution in [-0.4, -0.2) is 41.0 Å². The van der Waals surface area contributed by atoms with Crippen molar-refractivity contribution in [2.75, 3.05) is 11.9 Å². The summed E-state index contributed by atoms with van der Waals surface area (Å²) in [6.45, 7) is 15.2. The van der Waals surface area contributed by atoms with E-state index in [1.165, 1.54) is 0 Å². The molecule has 0 spiro atoms. The fraction of sp³-hybridized carbons (Fsp3) is 0.441. The van der Waals surface area contributed by atoms with Crippen molar-refractivity contribution in [3.8, 4) is 0 Å². The Hall–Kier alpha value is -3.87. The zero-order chi connectivity index (χ0) is 30.3. The van der Waals surface area contributed by atoms with E-state index in [1.54, 1.807) is 25.7 Å². The van der Waals surface area contributed by atoms with Crippen molar-refractivity contribution in [1.29, 1.82) is 0 Å². The van der Waals surface area contributed by atoms with Gasteiger partial charge < -0.3 is 20.3 Å². The Morgan fingerprint density at radius 3 is 2.22 bits per heavy atom. The topological polar surface area (TPSA) is 87.7 Å². The van der Waals surface area contributed by atoms with Gasteiger partial charge in [0.25, 0.3) is 5.91 Å². The number of carbonyl (C=O) groups is 3. The lowest BCUT2D eigenvalue weighted by molar-refractivity contribution is -0.141. The van der Waals surface area contributed by atoms with Crippen molar-refractivity contribution < 1.29 is 19.1 Å². The summed E-state index contributed by atoms with van der Waals surface area (Å²) >= 11 is 0. The van der Waals surface area contributed by atoms with Crippen LogP contribution in [0.4, 0.5) is 10.5 Å². The standard InChI is InChI=1S/C34H45N3O4/c1-22(2)13-16-25(5)37(30(38)21-35-33(40)41-34(6,7)8)31(29-19-23(3)14-15-24(29)4)32(39)36-28-18-17-26-11-9-10-12-27(26)20-28/h9-12,14-15,17-20,22,25,31H,13,16,21H2,1-8H3,(H,35,40)(H,36,39). The maximum Gasteiger partial charge on any atom is 0.408 e. The maximum atomic E-state index is 14.2. The molecule has 7 heteroatoms. The van der Waals surface area contributed by atoms with Crippen LogP contribution in [0.25, 0.3) is 10.8 Å². The van der Waals surface area contributed by atoms with E-state index in [9.17, 15) is 14.4 Å². The van der Waals surface area contributed by atoms with Gasteiger partial charge in [-0.25, -0.2) is 4.79 Å². The minimum atomic E-state index is -0.906. The number of anilines is 1. The number of amides is 3. The van der Waals surface area contributed by atoms with Gasteiger partial charge in [-0.3, -0.25) is 9.59 Å². The summed E-state index contributed by atoms with van der Waals surface area (Å²) in [5, 5.41) is 7.76. The van der Waals surface area contributed by atoms with Crippen molar-refractivity contribution in [1.82, 2.24) is 10.2 Å². The first-order valence-corrected chi connectivity index (χ1v) is 14.4. The van der Waals surface area contributed by atoms with Gasteiger partial charge in [-0.05, 0) is 94.3 Å². The average molecular weight is 560 g/mol. The minimum absolute atomic E-state index is 0.266. The lowest BCUT2D eigenvalue weighted by atomic mass is 9.94. The first-order valence-electron chi connectivity index (χ1n) is 14.4. The molecule has 0 bridgehead atoms. The number of nitrogens with zero attached hydrogens (tertiary/aromatic N) is 1. The lowest BCUT2D eigenvalue weighted by Crippen LogP contribution is -2.50. The second-order valence-electron chi connectivity index (χ2n) is 12.3. The molecule has 2 unspecified atom stereocenters. The smallest absolute Gasteiger partial charge is 0.408 e. The molecule has 41 heavy (non-hydrogen) atoms. The summed E-state index contributed by atoms with van der Waals surface area (Å²) in [6, 6.07) is 18.5. The van der Waals surface area contributed by atoms with Gasteiger partial charge in [0.2, 0.25) is 5.91 Å². The van der Waals surface area contributed by atoms with E-state index >= 15 is 0 Å². The number of nitrogens with one attached hydrogen (secondary N) is 2. The van der Waals surface area contributed by atoms with Crippen molar-refractivity contribution in [3.63, 3.8) is 0 Å². The van der Waals surface area contributed by atoms with Crippen molar-refractivity contribution >= 4 is 34.4 Å². The number of ether oxygens (including phenoxy) is 1. The summed E-state index contributed by atoms with van der Waals surface area (Å²) < 4.78 is 5.35. The van der Waals surface area contributed by atoms with Gasteiger partial charge in [0.05, 0.1) is 0 Å². The number of hydrogen-bond donors (Lipinski definition) is 2. The van der Waals surface area contributed by atoms with Crippen LogP contribution in [0, 0.1) is 19.8 Å². The number of fused-ring (bicyclic) bond motifs is 1. The van der Waals surface area contributed by atoms with Crippen LogP contribution in [0.5, 0.6) is 0 Å². The number of alkyl carbamates (subject to hydrolysis) is 1. The Bertz CT molecular complexity index is 1380. The zero-order valence-corrected chi connectivity index (χ0v) is 25.7. The summed E-state index contributed by atoms with van der Waals surface area (Å²) in [6.07, 6.45) is 0.918. The van der Waals surface area contributed by atoms with E-state index in [-0.39, 0.29) is 24.4 Å². The van der Waals surface area contributed by atoms with Crippen LogP contribution in [0.3, 0.4) is 0 Å². The molecule has 2 atom stereocenters. The van der Waals surface area contributed by atoms with E-state index in [0.717, 1.165) is 33.9 Å². The van der Waals surface area contributed by atoms with Crippen LogP contribution in [-0.2, 0) is 14.3 Å². The molecule has 0 fully saturated rings.